The fourth-order valence-electron chi connectivity index (χ4n) is 2.14. The summed E-state index contributed by atoms with van der Waals surface area (Å²) < 4.78 is 27.1. The van der Waals surface area contributed by atoms with Crippen molar-refractivity contribution in [1.82, 2.24) is 4.90 Å². The van der Waals surface area contributed by atoms with Crippen molar-refractivity contribution < 1.29 is 22.2 Å². The summed E-state index contributed by atoms with van der Waals surface area (Å²) in [6.07, 6.45) is 0.116. The summed E-state index contributed by atoms with van der Waals surface area (Å²) in [4.78, 5) is 25.5. The van der Waals surface area contributed by atoms with Gasteiger partial charge in [0.05, 0.1) is 29.5 Å². The van der Waals surface area contributed by atoms with Crippen LogP contribution in [0.3, 0.4) is 0 Å². The number of fused-ring (bicyclic) bond motifs is 1. The van der Waals surface area contributed by atoms with Gasteiger partial charge < -0.3 is 0 Å². The zero-order valence-electron chi connectivity index (χ0n) is 11.4. The third-order valence-corrected chi connectivity index (χ3v) is 3.89. The zero-order chi connectivity index (χ0) is 15.1. The summed E-state index contributed by atoms with van der Waals surface area (Å²) in [6, 6.07) is 5.81. The Labute approximate surface area is 117 Å². The van der Waals surface area contributed by atoms with Gasteiger partial charge in [-0.25, -0.2) is 0 Å². The Hall–Kier alpha value is -1.73. The van der Waals surface area contributed by atoms with E-state index in [1.807, 2.05) is 0 Å². The van der Waals surface area contributed by atoms with Gasteiger partial charge in [0.2, 0.25) is 0 Å². The van der Waals surface area contributed by atoms with Crippen molar-refractivity contribution in [1.29, 1.82) is 0 Å². The number of rotatable bonds is 4. The number of nitrogens with zero attached hydrogens (tertiary/aromatic N) is 1. The minimum Gasteiger partial charge on any atom is -0.269 e. The Morgan fingerprint density at radius 1 is 1.05 bits per heavy atom. The van der Waals surface area contributed by atoms with Crippen molar-refractivity contribution in [2.45, 2.75) is 26.0 Å². The van der Waals surface area contributed by atoms with Crippen molar-refractivity contribution in [2.75, 3.05) is 6.26 Å². The van der Waals surface area contributed by atoms with Crippen molar-refractivity contribution in [3.05, 3.63) is 35.4 Å². The molecule has 1 aromatic carbocycles. The minimum absolute atomic E-state index is 0.330. The first-order valence-electron chi connectivity index (χ1n) is 6.07. The van der Waals surface area contributed by atoms with E-state index in [0.29, 0.717) is 11.1 Å². The van der Waals surface area contributed by atoms with Crippen LogP contribution in [0.15, 0.2) is 24.3 Å². The Bertz CT molecular complexity index is 632. The topological polar surface area (TPSA) is 80.8 Å². The van der Waals surface area contributed by atoms with Gasteiger partial charge in [-0.2, -0.15) is 8.42 Å². The molecule has 0 saturated heterocycles. The number of hydrogen-bond donors (Lipinski definition) is 0. The van der Waals surface area contributed by atoms with Crippen LogP contribution in [0.1, 0.15) is 34.6 Å². The molecular weight excluding hydrogens is 282 g/mol. The van der Waals surface area contributed by atoms with Gasteiger partial charge in [-0.15, -0.1) is 0 Å². The molecule has 0 radical (unpaired) electrons. The lowest BCUT2D eigenvalue weighted by Crippen LogP contribution is -2.45. The molecule has 2 rings (SSSR count). The zero-order valence-corrected chi connectivity index (χ0v) is 12.2. The lowest BCUT2D eigenvalue weighted by Gasteiger charge is -2.27. The summed E-state index contributed by atoms with van der Waals surface area (Å²) in [5, 5.41) is 0. The Morgan fingerprint density at radius 3 is 1.90 bits per heavy atom. The van der Waals surface area contributed by atoms with Crippen LogP contribution in [-0.2, 0) is 14.3 Å². The largest absolute Gasteiger partial charge is 0.269 e. The molecule has 1 aliphatic rings. The number of benzene rings is 1. The van der Waals surface area contributed by atoms with Gasteiger partial charge in [0.15, 0.2) is 0 Å². The second kappa shape index (κ2) is 4.99. The lowest BCUT2D eigenvalue weighted by molar-refractivity contribution is 0.0466. The Morgan fingerprint density at radius 2 is 1.50 bits per heavy atom. The van der Waals surface area contributed by atoms with Gasteiger partial charge in [0, 0.05) is 0 Å². The summed E-state index contributed by atoms with van der Waals surface area (Å²) in [5.41, 5.74) is 0.659. The van der Waals surface area contributed by atoms with E-state index in [4.69, 9.17) is 4.18 Å². The molecule has 6 nitrogen and oxygen atoms in total. The monoisotopic (exact) mass is 297 g/mol. The maximum absolute atomic E-state index is 12.2. The van der Waals surface area contributed by atoms with E-state index in [-0.39, 0.29) is 0 Å². The molecule has 0 aliphatic carbocycles. The molecule has 1 aliphatic heterocycles. The SMILES string of the molecule is CC(OS(C)(=O)=O)C(C)N1C(=O)c2ccccc2C1=O. The molecule has 7 heteroatoms. The van der Waals surface area contributed by atoms with Crippen molar-refractivity contribution in [2.24, 2.45) is 0 Å². The highest BCUT2D eigenvalue weighted by Gasteiger charge is 2.40. The second-order valence-electron chi connectivity index (χ2n) is 4.77. The molecule has 1 heterocycles. The van der Waals surface area contributed by atoms with E-state index >= 15 is 0 Å². The second-order valence-corrected chi connectivity index (χ2v) is 6.37. The summed E-state index contributed by atoms with van der Waals surface area (Å²) in [6.45, 7) is 3.09. The highest BCUT2D eigenvalue weighted by molar-refractivity contribution is 7.86. The highest BCUT2D eigenvalue weighted by Crippen LogP contribution is 2.26. The van der Waals surface area contributed by atoms with E-state index in [1.54, 1.807) is 31.2 Å². The molecule has 0 bridgehead atoms. The average Bonchev–Trinajstić information content (AvgIpc) is 2.60. The van der Waals surface area contributed by atoms with E-state index in [1.165, 1.54) is 6.92 Å². The lowest BCUT2D eigenvalue weighted by atomic mass is 10.1. The normalized spacial score (nSPS) is 18.1. The smallest absolute Gasteiger partial charge is 0.264 e. The van der Waals surface area contributed by atoms with Crippen LogP contribution in [0.2, 0.25) is 0 Å². The van der Waals surface area contributed by atoms with Crippen LogP contribution in [0.25, 0.3) is 0 Å². The quantitative estimate of drug-likeness (QED) is 0.612. The molecule has 1 aromatic rings. The van der Waals surface area contributed by atoms with Crippen LogP contribution < -0.4 is 0 Å². The van der Waals surface area contributed by atoms with Gasteiger partial charge in [-0.05, 0) is 26.0 Å². The molecule has 2 atom stereocenters. The van der Waals surface area contributed by atoms with Gasteiger partial charge in [-0.1, -0.05) is 12.1 Å². The van der Waals surface area contributed by atoms with E-state index in [9.17, 15) is 18.0 Å². The summed E-state index contributed by atoms with van der Waals surface area (Å²) in [7, 11) is -3.65. The first-order valence-corrected chi connectivity index (χ1v) is 7.89. The molecule has 2 unspecified atom stereocenters. The number of carbonyl (C=O) groups excluding carboxylic acids is 2. The fourth-order valence-corrected chi connectivity index (χ4v) is 2.86. The van der Waals surface area contributed by atoms with Gasteiger partial charge in [0.25, 0.3) is 21.9 Å². The molecule has 0 N–H and O–H groups in total. The van der Waals surface area contributed by atoms with Crippen LogP contribution >= 0.6 is 0 Å². The highest BCUT2D eigenvalue weighted by atomic mass is 32.2. The molecular formula is C13H15NO5S. The predicted octanol–water partition coefficient (Wildman–Crippen LogP) is 1.04. The number of imide groups is 1. The molecule has 0 spiro atoms. The van der Waals surface area contributed by atoms with Crippen molar-refractivity contribution >= 4 is 21.9 Å². The Kier molecular flexibility index (Phi) is 3.66. The van der Waals surface area contributed by atoms with Gasteiger partial charge in [-0.3, -0.25) is 18.7 Å². The predicted molar refractivity (Wildman–Crippen MR) is 71.8 cm³/mol. The van der Waals surface area contributed by atoms with E-state index in [0.717, 1.165) is 11.2 Å². The molecule has 108 valence electrons. The maximum atomic E-state index is 12.2. The minimum atomic E-state index is -3.65. The summed E-state index contributed by atoms with van der Waals surface area (Å²) >= 11 is 0. The van der Waals surface area contributed by atoms with E-state index in [2.05, 4.69) is 0 Å². The fraction of sp³-hybridized carbons (Fsp3) is 0.385. The summed E-state index contributed by atoms with van der Waals surface area (Å²) in [5.74, 6) is -0.857. The Balaban J connectivity index is 2.27. The van der Waals surface area contributed by atoms with Gasteiger partial charge >= 0.3 is 0 Å². The molecule has 20 heavy (non-hydrogen) atoms. The van der Waals surface area contributed by atoms with Crippen molar-refractivity contribution in [3.8, 4) is 0 Å². The number of hydrogen-bond acceptors (Lipinski definition) is 5. The third kappa shape index (κ3) is 2.59. The van der Waals surface area contributed by atoms with Crippen LogP contribution in [0, 0.1) is 0 Å². The molecule has 0 saturated carbocycles. The number of carbonyl (C=O) groups is 2. The first-order chi connectivity index (χ1) is 9.22. The first kappa shape index (κ1) is 14.7. The van der Waals surface area contributed by atoms with Crippen LogP contribution in [0.5, 0.6) is 0 Å². The van der Waals surface area contributed by atoms with Gasteiger partial charge in [0.1, 0.15) is 0 Å². The molecule has 0 fully saturated rings. The van der Waals surface area contributed by atoms with E-state index < -0.39 is 34.1 Å². The number of amides is 2. The molecule has 2 amide bonds. The van der Waals surface area contributed by atoms with Crippen LogP contribution in [0.4, 0.5) is 0 Å². The third-order valence-electron chi connectivity index (χ3n) is 3.24. The van der Waals surface area contributed by atoms with Crippen molar-refractivity contribution in [3.63, 3.8) is 0 Å². The van der Waals surface area contributed by atoms with Crippen LogP contribution in [-0.4, -0.2) is 43.5 Å². The maximum Gasteiger partial charge on any atom is 0.264 e. The molecule has 0 aromatic heterocycles. The average molecular weight is 297 g/mol. The standard InChI is InChI=1S/C13H15NO5S/c1-8(9(2)19-20(3,17)18)14-12(15)10-6-4-5-7-11(10)13(14)16/h4-9H,1-3H3.